The van der Waals surface area contributed by atoms with Crippen molar-refractivity contribution in [2.75, 3.05) is 6.61 Å². The SMILES string of the molecule is CCCCCCCCCCCCCCCC(=O)NN=Cc1ccc(OC(=O)c2ccc(Cl)cc2)c(OCC)c1. The summed E-state index contributed by atoms with van der Waals surface area (Å²) in [5, 5.41) is 4.61. The Morgan fingerprint density at radius 2 is 1.38 bits per heavy atom. The van der Waals surface area contributed by atoms with Gasteiger partial charge in [-0.25, -0.2) is 10.2 Å². The van der Waals surface area contributed by atoms with Gasteiger partial charge in [-0.1, -0.05) is 95.6 Å². The number of carbonyl (C=O) groups is 2. The summed E-state index contributed by atoms with van der Waals surface area (Å²) in [5.41, 5.74) is 3.69. The van der Waals surface area contributed by atoms with Crippen molar-refractivity contribution < 1.29 is 19.1 Å². The number of unbranched alkanes of at least 4 members (excludes halogenated alkanes) is 12. The highest BCUT2D eigenvalue weighted by Gasteiger charge is 2.13. The largest absolute Gasteiger partial charge is 0.490 e. The maximum Gasteiger partial charge on any atom is 0.343 e. The molecule has 7 heteroatoms. The number of nitrogens with one attached hydrogen (secondary N) is 1. The molecule has 2 aromatic rings. The number of esters is 1. The molecule has 1 N–H and O–H groups in total. The Labute approximate surface area is 239 Å². The Morgan fingerprint density at radius 3 is 1.97 bits per heavy atom. The van der Waals surface area contributed by atoms with Crippen molar-refractivity contribution >= 4 is 29.7 Å². The van der Waals surface area contributed by atoms with Crippen LogP contribution < -0.4 is 14.9 Å². The van der Waals surface area contributed by atoms with Crippen molar-refractivity contribution in [1.82, 2.24) is 5.43 Å². The first-order chi connectivity index (χ1) is 19.0. The third-order valence-corrected chi connectivity index (χ3v) is 6.71. The van der Waals surface area contributed by atoms with E-state index in [0.29, 0.717) is 40.7 Å². The van der Waals surface area contributed by atoms with E-state index in [-0.39, 0.29) is 5.91 Å². The van der Waals surface area contributed by atoms with Gasteiger partial charge in [0.1, 0.15) is 0 Å². The van der Waals surface area contributed by atoms with E-state index >= 15 is 0 Å². The molecule has 0 unspecified atom stereocenters. The summed E-state index contributed by atoms with van der Waals surface area (Å²) >= 11 is 5.88. The minimum Gasteiger partial charge on any atom is -0.490 e. The lowest BCUT2D eigenvalue weighted by molar-refractivity contribution is -0.121. The maximum absolute atomic E-state index is 12.5. The Bertz CT molecular complexity index is 1010. The van der Waals surface area contributed by atoms with Crippen LogP contribution in [0.25, 0.3) is 0 Å². The van der Waals surface area contributed by atoms with Crippen molar-refractivity contribution in [3.63, 3.8) is 0 Å². The van der Waals surface area contributed by atoms with Crippen LogP contribution in [0.4, 0.5) is 0 Å². The molecule has 1 amide bonds. The minimum absolute atomic E-state index is 0.0899. The topological polar surface area (TPSA) is 77.0 Å². The van der Waals surface area contributed by atoms with Gasteiger partial charge in [-0.05, 0) is 61.4 Å². The number of ether oxygens (including phenoxy) is 2. The summed E-state index contributed by atoms with van der Waals surface area (Å²) in [6.45, 7) is 4.51. The van der Waals surface area contributed by atoms with Crippen LogP contribution in [0.3, 0.4) is 0 Å². The standard InChI is InChI=1S/C32H45ClN2O4/c1-3-5-6-7-8-9-10-11-12-13-14-15-16-17-31(36)35-34-25-26-18-23-29(30(24-26)38-4-2)39-32(37)27-19-21-28(33)22-20-27/h18-25H,3-17H2,1-2H3,(H,35,36). The molecule has 2 aromatic carbocycles. The first-order valence-corrected chi connectivity index (χ1v) is 15.0. The third-order valence-electron chi connectivity index (χ3n) is 6.46. The van der Waals surface area contributed by atoms with Gasteiger partial charge in [0.15, 0.2) is 11.5 Å². The molecular formula is C32H45ClN2O4. The van der Waals surface area contributed by atoms with E-state index < -0.39 is 5.97 Å². The summed E-state index contributed by atoms with van der Waals surface area (Å²) in [6, 6.07) is 11.6. The van der Waals surface area contributed by atoms with Crippen molar-refractivity contribution in [2.24, 2.45) is 5.10 Å². The van der Waals surface area contributed by atoms with Gasteiger partial charge in [0.05, 0.1) is 18.4 Å². The molecule has 0 saturated carbocycles. The molecular weight excluding hydrogens is 512 g/mol. The number of amides is 1. The van der Waals surface area contributed by atoms with Gasteiger partial charge < -0.3 is 9.47 Å². The van der Waals surface area contributed by atoms with Gasteiger partial charge in [-0.2, -0.15) is 5.10 Å². The van der Waals surface area contributed by atoms with Crippen LogP contribution in [-0.2, 0) is 4.79 Å². The van der Waals surface area contributed by atoms with Crippen LogP contribution in [0.15, 0.2) is 47.6 Å². The second-order valence-electron chi connectivity index (χ2n) is 9.82. The van der Waals surface area contributed by atoms with E-state index in [1.54, 1.807) is 48.7 Å². The smallest absolute Gasteiger partial charge is 0.343 e. The van der Waals surface area contributed by atoms with Crippen LogP contribution in [-0.4, -0.2) is 24.7 Å². The number of hydrogen-bond donors (Lipinski definition) is 1. The lowest BCUT2D eigenvalue weighted by Gasteiger charge is -2.11. The second kappa shape index (κ2) is 20.1. The zero-order chi connectivity index (χ0) is 28.1. The fraction of sp³-hybridized carbons (Fsp3) is 0.531. The molecule has 0 saturated heterocycles. The summed E-state index contributed by atoms with van der Waals surface area (Å²) in [7, 11) is 0. The summed E-state index contributed by atoms with van der Waals surface area (Å²) < 4.78 is 11.2. The average molecular weight is 557 g/mol. The normalized spacial score (nSPS) is 11.1. The minimum atomic E-state index is -0.505. The number of carbonyl (C=O) groups excluding carboxylic acids is 2. The van der Waals surface area contributed by atoms with Crippen LogP contribution in [0.5, 0.6) is 11.5 Å². The Morgan fingerprint density at radius 1 is 0.795 bits per heavy atom. The highest BCUT2D eigenvalue weighted by Crippen LogP contribution is 2.29. The summed E-state index contributed by atoms with van der Waals surface area (Å²) in [5.74, 6) is 0.129. The highest BCUT2D eigenvalue weighted by molar-refractivity contribution is 6.30. The number of halogens is 1. The predicted octanol–water partition coefficient (Wildman–Crippen LogP) is 8.89. The van der Waals surface area contributed by atoms with E-state index in [1.165, 1.54) is 70.6 Å². The molecule has 0 heterocycles. The fourth-order valence-electron chi connectivity index (χ4n) is 4.24. The van der Waals surface area contributed by atoms with Gasteiger partial charge >= 0.3 is 5.97 Å². The van der Waals surface area contributed by atoms with Gasteiger partial charge in [-0.3, -0.25) is 4.79 Å². The Hall–Kier alpha value is -2.86. The quantitative estimate of drug-likeness (QED) is 0.0580. The molecule has 0 radical (unpaired) electrons. The first-order valence-electron chi connectivity index (χ1n) is 14.6. The molecule has 39 heavy (non-hydrogen) atoms. The monoisotopic (exact) mass is 556 g/mol. The van der Waals surface area contributed by atoms with E-state index in [0.717, 1.165) is 12.8 Å². The van der Waals surface area contributed by atoms with Crippen LogP contribution in [0, 0.1) is 0 Å². The van der Waals surface area contributed by atoms with Crippen molar-refractivity contribution in [3.05, 3.63) is 58.6 Å². The van der Waals surface area contributed by atoms with Crippen molar-refractivity contribution in [2.45, 2.75) is 104 Å². The molecule has 0 aliphatic heterocycles. The average Bonchev–Trinajstić information content (AvgIpc) is 2.93. The van der Waals surface area contributed by atoms with Gasteiger partial charge in [0.25, 0.3) is 0 Å². The molecule has 0 fully saturated rings. The molecule has 0 aliphatic rings. The Kier molecular flexibility index (Phi) is 16.7. The summed E-state index contributed by atoms with van der Waals surface area (Å²) in [4.78, 5) is 24.6. The molecule has 0 bridgehead atoms. The van der Waals surface area contributed by atoms with E-state index in [2.05, 4.69) is 17.5 Å². The van der Waals surface area contributed by atoms with Gasteiger partial charge in [0, 0.05) is 11.4 Å². The van der Waals surface area contributed by atoms with E-state index in [1.807, 2.05) is 6.92 Å². The molecule has 6 nitrogen and oxygen atoms in total. The van der Waals surface area contributed by atoms with E-state index in [9.17, 15) is 9.59 Å². The second-order valence-corrected chi connectivity index (χ2v) is 10.3. The number of hydrazone groups is 1. The number of nitrogens with zero attached hydrogens (tertiary/aromatic N) is 1. The molecule has 0 aliphatic carbocycles. The molecule has 0 aromatic heterocycles. The number of hydrogen-bond acceptors (Lipinski definition) is 5. The highest BCUT2D eigenvalue weighted by atomic mass is 35.5. The zero-order valence-electron chi connectivity index (χ0n) is 23.7. The van der Waals surface area contributed by atoms with Crippen LogP contribution >= 0.6 is 11.6 Å². The fourth-order valence-corrected chi connectivity index (χ4v) is 4.37. The third kappa shape index (κ3) is 14.2. The van der Waals surface area contributed by atoms with Crippen molar-refractivity contribution in [1.29, 1.82) is 0 Å². The maximum atomic E-state index is 12.5. The molecule has 0 atom stereocenters. The first kappa shape index (κ1) is 32.4. The van der Waals surface area contributed by atoms with Gasteiger partial charge in [0.2, 0.25) is 5.91 Å². The lowest BCUT2D eigenvalue weighted by atomic mass is 10.0. The summed E-state index contributed by atoms with van der Waals surface area (Å²) in [6.07, 6.45) is 18.6. The predicted molar refractivity (Wildman–Crippen MR) is 160 cm³/mol. The van der Waals surface area contributed by atoms with Crippen LogP contribution in [0.2, 0.25) is 5.02 Å². The number of rotatable bonds is 20. The van der Waals surface area contributed by atoms with Crippen molar-refractivity contribution in [3.8, 4) is 11.5 Å². The van der Waals surface area contributed by atoms with Crippen LogP contribution in [0.1, 0.15) is 120 Å². The zero-order valence-corrected chi connectivity index (χ0v) is 24.4. The molecule has 2 rings (SSSR count). The van der Waals surface area contributed by atoms with Gasteiger partial charge in [-0.15, -0.1) is 0 Å². The lowest BCUT2D eigenvalue weighted by Crippen LogP contribution is -2.16. The molecule has 0 spiro atoms. The Balaban J connectivity index is 1.64. The molecule has 214 valence electrons. The van der Waals surface area contributed by atoms with E-state index in [4.69, 9.17) is 21.1 Å². The number of benzene rings is 2.